The largest absolute Gasteiger partial charge is 0.481 e. The van der Waals surface area contributed by atoms with Crippen molar-refractivity contribution in [1.29, 1.82) is 0 Å². The Morgan fingerprint density at radius 3 is 2.45 bits per heavy atom. The summed E-state index contributed by atoms with van der Waals surface area (Å²) >= 11 is 5.39. The molecule has 4 N–H and O–H groups in total. The number of aliphatic hydroxyl groups is 1. The number of thiocarbonyl (C=S) groups is 1. The fourth-order valence-electron chi connectivity index (χ4n) is 3.45. The molecule has 2 rings (SSSR count). The zero-order valence-corrected chi connectivity index (χ0v) is 18.1. The normalized spacial score (nSPS) is 13.9. The first-order valence-electron chi connectivity index (χ1n) is 9.85. The Morgan fingerprint density at radius 2 is 1.90 bits per heavy atom. The summed E-state index contributed by atoms with van der Waals surface area (Å²) < 4.78 is 0. The van der Waals surface area contributed by atoms with Crippen LogP contribution in [0.3, 0.4) is 0 Å². The molecular weight excluding hydrogens is 384 g/mol. The maximum atomic E-state index is 11.4. The summed E-state index contributed by atoms with van der Waals surface area (Å²) in [6.07, 6.45) is 1.28. The molecule has 0 aliphatic heterocycles. The first kappa shape index (κ1) is 22.8. The Balaban J connectivity index is 1.94. The van der Waals surface area contributed by atoms with E-state index in [0.717, 1.165) is 28.8 Å². The molecule has 0 radical (unpaired) electrons. The van der Waals surface area contributed by atoms with E-state index in [1.54, 1.807) is 0 Å². The standard InChI is InChI=1S/C23H30N2O3S/c1-4-19(21(27)28)20-11-10-18(14-16(20)2)25-22(29)24-13-12-23(3,15-26)17-8-6-5-7-9-17/h5-11,14,19,26H,4,12-13,15H2,1-3H3,(H,27,28)(H2,24,25,29). The molecule has 156 valence electrons. The molecule has 0 saturated carbocycles. The highest BCUT2D eigenvalue weighted by Gasteiger charge is 2.25. The molecule has 6 heteroatoms. The van der Waals surface area contributed by atoms with Crippen LogP contribution in [0.5, 0.6) is 0 Å². The molecule has 0 fully saturated rings. The zero-order chi connectivity index (χ0) is 21.4. The van der Waals surface area contributed by atoms with Crippen LogP contribution < -0.4 is 10.6 Å². The van der Waals surface area contributed by atoms with Gasteiger partial charge in [0.2, 0.25) is 0 Å². The second-order valence-electron chi connectivity index (χ2n) is 7.59. The summed E-state index contributed by atoms with van der Waals surface area (Å²) in [7, 11) is 0. The van der Waals surface area contributed by atoms with Crippen LogP contribution in [0.1, 0.15) is 49.3 Å². The number of hydrogen-bond donors (Lipinski definition) is 4. The highest BCUT2D eigenvalue weighted by Crippen LogP contribution is 2.27. The monoisotopic (exact) mass is 414 g/mol. The Morgan fingerprint density at radius 1 is 1.21 bits per heavy atom. The second kappa shape index (κ2) is 10.4. The van der Waals surface area contributed by atoms with Crippen LogP contribution in [-0.4, -0.2) is 34.4 Å². The van der Waals surface area contributed by atoms with Crippen LogP contribution in [0.15, 0.2) is 48.5 Å². The van der Waals surface area contributed by atoms with Gasteiger partial charge in [0.25, 0.3) is 0 Å². The van der Waals surface area contributed by atoms with Crippen molar-refractivity contribution in [3.63, 3.8) is 0 Å². The van der Waals surface area contributed by atoms with Gasteiger partial charge in [0.15, 0.2) is 5.11 Å². The number of carboxylic acid groups (broad SMARTS) is 1. The predicted octanol–water partition coefficient (Wildman–Crippen LogP) is 4.20. The van der Waals surface area contributed by atoms with Gasteiger partial charge in [-0.1, -0.05) is 50.2 Å². The summed E-state index contributed by atoms with van der Waals surface area (Å²) in [5, 5.41) is 26.1. The van der Waals surface area contributed by atoms with Crippen molar-refractivity contribution in [2.75, 3.05) is 18.5 Å². The number of carbonyl (C=O) groups is 1. The molecule has 0 aliphatic rings. The third-order valence-electron chi connectivity index (χ3n) is 5.39. The molecule has 0 saturated heterocycles. The number of aryl methyl sites for hydroxylation is 1. The number of carboxylic acids is 1. The Bertz CT molecular complexity index is 841. The lowest BCUT2D eigenvalue weighted by atomic mass is 9.80. The number of anilines is 1. The van der Waals surface area contributed by atoms with E-state index >= 15 is 0 Å². The predicted molar refractivity (Wildman–Crippen MR) is 122 cm³/mol. The van der Waals surface area contributed by atoms with Crippen LogP contribution in [0.4, 0.5) is 5.69 Å². The van der Waals surface area contributed by atoms with Crippen molar-refractivity contribution < 1.29 is 15.0 Å². The van der Waals surface area contributed by atoms with Gasteiger partial charge in [0.05, 0.1) is 12.5 Å². The molecule has 0 heterocycles. The van der Waals surface area contributed by atoms with Crippen LogP contribution in [-0.2, 0) is 10.2 Å². The molecule has 0 aromatic heterocycles. The third kappa shape index (κ3) is 6.02. The fraction of sp³-hybridized carbons (Fsp3) is 0.391. The first-order chi connectivity index (χ1) is 13.8. The Labute approximate surface area is 178 Å². The van der Waals surface area contributed by atoms with E-state index < -0.39 is 11.9 Å². The maximum absolute atomic E-state index is 11.4. The van der Waals surface area contributed by atoms with Crippen LogP contribution in [0.2, 0.25) is 0 Å². The highest BCUT2D eigenvalue weighted by molar-refractivity contribution is 7.80. The van der Waals surface area contributed by atoms with Gasteiger partial charge in [-0.25, -0.2) is 0 Å². The number of nitrogens with one attached hydrogen (secondary N) is 2. The smallest absolute Gasteiger partial charge is 0.310 e. The van der Waals surface area contributed by atoms with Gasteiger partial charge in [0, 0.05) is 17.6 Å². The molecule has 2 atom stereocenters. The van der Waals surface area contributed by atoms with E-state index in [9.17, 15) is 15.0 Å². The van der Waals surface area contributed by atoms with Gasteiger partial charge in [-0.05, 0) is 60.8 Å². The van der Waals surface area contributed by atoms with E-state index in [4.69, 9.17) is 12.2 Å². The molecule has 2 aromatic carbocycles. The SMILES string of the molecule is CCC(C(=O)O)c1ccc(NC(=S)NCCC(C)(CO)c2ccccc2)cc1C. The molecule has 0 bridgehead atoms. The number of hydrogen-bond acceptors (Lipinski definition) is 3. The van der Waals surface area contributed by atoms with Crippen molar-refractivity contribution in [3.8, 4) is 0 Å². The van der Waals surface area contributed by atoms with Gasteiger partial charge in [-0.15, -0.1) is 0 Å². The minimum Gasteiger partial charge on any atom is -0.481 e. The maximum Gasteiger partial charge on any atom is 0.310 e. The van der Waals surface area contributed by atoms with E-state index in [1.807, 2.05) is 69.3 Å². The molecule has 0 spiro atoms. The summed E-state index contributed by atoms with van der Waals surface area (Å²) in [6.45, 7) is 6.50. The minimum atomic E-state index is -0.807. The number of benzene rings is 2. The van der Waals surface area contributed by atoms with Gasteiger partial charge in [-0.2, -0.15) is 0 Å². The Hall–Kier alpha value is -2.44. The van der Waals surface area contributed by atoms with Gasteiger partial charge >= 0.3 is 5.97 Å². The van der Waals surface area contributed by atoms with E-state index in [2.05, 4.69) is 10.6 Å². The highest BCUT2D eigenvalue weighted by atomic mass is 32.1. The lowest BCUT2D eigenvalue weighted by molar-refractivity contribution is -0.138. The summed E-state index contributed by atoms with van der Waals surface area (Å²) in [6, 6.07) is 15.6. The molecule has 29 heavy (non-hydrogen) atoms. The van der Waals surface area contributed by atoms with Crippen LogP contribution in [0.25, 0.3) is 0 Å². The van der Waals surface area contributed by atoms with E-state index in [1.165, 1.54) is 0 Å². The summed E-state index contributed by atoms with van der Waals surface area (Å²) in [5.74, 6) is -1.30. The van der Waals surface area contributed by atoms with Gasteiger partial charge < -0.3 is 20.8 Å². The van der Waals surface area contributed by atoms with Crippen molar-refractivity contribution in [2.45, 2.75) is 44.9 Å². The second-order valence-corrected chi connectivity index (χ2v) is 7.99. The average molecular weight is 415 g/mol. The minimum absolute atomic E-state index is 0.0573. The zero-order valence-electron chi connectivity index (χ0n) is 17.2. The van der Waals surface area contributed by atoms with Crippen molar-refractivity contribution >= 4 is 29.0 Å². The molecule has 0 amide bonds. The first-order valence-corrected chi connectivity index (χ1v) is 10.3. The molecule has 0 aliphatic carbocycles. The Kier molecular flexibility index (Phi) is 8.17. The number of rotatable bonds is 9. The average Bonchev–Trinajstić information content (AvgIpc) is 2.70. The topological polar surface area (TPSA) is 81.6 Å². The number of aliphatic hydroxyl groups excluding tert-OH is 1. The van der Waals surface area contributed by atoms with Crippen molar-refractivity contribution in [3.05, 3.63) is 65.2 Å². The quantitative estimate of drug-likeness (QED) is 0.461. The molecule has 2 aromatic rings. The number of aliphatic carboxylic acids is 1. The van der Waals surface area contributed by atoms with E-state index in [-0.39, 0.29) is 12.0 Å². The van der Waals surface area contributed by atoms with Gasteiger partial charge in [0.1, 0.15) is 0 Å². The van der Waals surface area contributed by atoms with E-state index in [0.29, 0.717) is 18.1 Å². The van der Waals surface area contributed by atoms with Gasteiger partial charge in [-0.3, -0.25) is 4.79 Å². The van der Waals surface area contributed by atoms with Crippen LogP contribution in [0, 0.1) is 6.92 Å². The lowest BCUT2D eigenvalue weighted by Gasteiger charge is -2.28. The lowest BCUT2D eigenvalue weighted by Crippen LogP contribution is -2.35. The third-order valence-corrected chi connectivity index (χ3v) is 5.64. The van der Waals surface area contributed by atoms with Crippen LogP contribution >= 0.6 is 12.2 Å². The van der Waals surface area contributed by atoms with Crippen molar-refractivity contribution in [1.82, 2.24) is 5.32 Å². The summed E-state index contributed by atoms with van der Waals surface area (Å²) in [5.41, 5.74) is 3.32. The molecule has 2 unspecified atom stereocenters. The molecule has 5 nitrogen and oxygen atoms in total. The van der Waals surface area contributed by atoms with Crippen molar-refractivity contribution in [2.24, 2.45) is 0 Å². The molecular formula is C23H30N2O3S. The fourth-order valence-corrected chi connectivity index (χ4v) is 3.67. The summed E-state index contributed by atoms with van der Waals surface area (Å²) in [4.78, 5) is 11.4.